The molecule has 1 aliphatic heterocycles. The summed E-state index contributed by atoms with van der Waals surface area (Å²) >= 11 is 5.87. The SMILES string of the molecule is C[C@@H](Nc1cc(-c2ccc(Cl)cn2)ncn1)C(=O)N1CCC2(CC2)C1. The van der Waals surface area contributed by atoms with Crippen molar-refractivity contribution in [2.24, 2.45) is 5.41 Å². The lowest BCUT2D eigenvalue weighted by Crippen LogP contribution is -2.40. The number of nitrogens with zero attached hydrogens (tertiary/aromatic N) is 4. The molecule has 25 heavy (non-hydrogen) atoms. The van der Waals surface area contributed by atoms with E-state index in [2.05, 4.69) is 20.3 Å². The number of anilines is 1. The van der Waals surface area contributed by atoms with E-state index < -0.39 is 0 Å². The number of nitrogens with one attached hydrogen (secondary N) is 1. The molecule has 1 N–H and O–H groups in total. The molecule has 2 fully saturated rings. The average Bonchev–Trinajstić information content (AvgIpc) is 3.24. The van der Waals surface area contributed by atoms with Crippen molar-refractivity contribution < 1.29 is 4.79 Å². The van der Waals surface area contributed by atoms with E-state index in [0.717, 1.165) is 19.5 Å². The summed E-state index contributed by atoms with van der Waals surface area (Å²) < 4.78 is 0. The minimum atomic E-state index is -0.324. The minimum Gasteiger partial charge on any atom is -0.359 e. The van der Waals surface area contributed by atoms with Gasteiger partial charge >= 0.3 is 0 Å². The van der Waals surface area contributed by atoms with E-state index in [1.165, 1.54) is 19.2 Å². The van der Waals surface area contributed by atoms with Gasteiger partial charge < -0.3 is 10.2 Å². The Morgan fingerprint density at radius 2 is 2.08 bits per heavy atom. The van der Waals surface area contributed by atoms with Crippen LogP contribution in [-0.4, -0.2) is 44.9 Å². The monoisotopic (exact) mass is 357 g/mol. The maximum Gasteiger partial charge on any atom is 0.244 e. The normalized spacial score (nSPS) is 19.0. The van der Waals surface area contributed by atoms with Gasteiger partial charge in [0.25, 0.3) is 0 Å². The molecule has 4 rings (SSSR count). The molecule has 1 saturated heterocycles. The van der Waals surface area contributed by atoms with Crippen molar-refractivity contribution in [1.29, 1.82) is 0 Å². The van der Waals surface area contributed by atoms with Crippen LogP contribution in [0.4, 0.5) is 5.82 Å². The minimum absolute atomic E-state index is 0.133. The van der Waals surface area contributed by atoms with Crippen molar-refractivity contribution >= 4 is 23.3 Å². The predicted molar refractivity (Wildman–Crippen MR) is 96.2 cm³/mol. The average molecular weight is 358 g/mol. The van der Waals surface area contributed by atoms with E-state index in [9.17, 15) is 4.79 Å². The van der Waals surface area contributed by atoms with Crippen LogP contribution in [0.25, 0.3) is 11.4 Å². The molecule has 0 radical (unpaired) electrons. The largest absolute Gasteiger partial charge is 0.359 e. The van der Waals surface area contributed by atoms with Gasteiger partial charge in [0.15, 0.2) is 0 Å². The van der Waals surface area contributed by atoms with Gasteiger partial charge in [-0.15, -0.1) is 0 Å². The first-order valence-electron chi connectivity index (χ1n) is 8.54. The molecule has 7 heteroatoms. The number of likely N-dealkylation sites (tertiary alicyclic amines) is 1. The summed E-state index contributed by atoms with van der Waals surface area (Å²) in [6, 6.07) is 5.05. The van der Waals surface area contributed by atoms with Crippen molar-refractivity contribution in [2.45, 2.75) is 32.2 Å². The zero-order valence-corrected chi connectivity index (χ0v) is 14.8. The number of hydrogen-bond acceptors (Lipinski definition) is 5. The number of amides is 1. The first-order valence-corrected chi connectivity index (χ1v) is 8.92. The number of rotatable bonds is 4. The van der Waals surface area contributed by atoms with Crippen molar-refractivity contribution in [3.05, 3.63) is 35.7 Å². The van der Waals surface area contributed by atoms with E-state index in [0.29, 0.717) is 27.6 Å². The molecule has 0 aromatic carbocycles. The highest BCUT2D eigenvalue weighted by Crippen LogP contribution is 2.52. The molecule has 2 aromatic heterocycles. The van der Waals surface area contributed by atoms with Crippen LogP contribution in [0.2, 0.25) is 5.02 Å². The molecule has 1 spiro atoms. The molecule has 130 valence electrons. The number of halogens is 1. The fourth-order valence-electron chi connectivity index (χ4n) is 3.37. The number of carbonyl (C=O) groups is 1. The predicted octanol–water partition coefficient (Wildman–Crippen LogP) is 3.00. The van der Waals surface area contributed by atoms with Crippen LogP contribution < -0.4 is 5.32 Å². The second kappa shape index (κ2) is 6.26. The van der Waals surface area contributed by atoms with Crippen LogP contribution in [0.15, 0.2) is 30.7 Å². The standard InChI is InChI=1S/C18H20ClN5O/c1-12(17(25)24-7-6-18(10-24)4-5-18)23-16-8-15(21-11-22-16)14-3-2-13(19)9-20-14/h2-3,8-9,11-12H,4-7,10H2,1H3,(H,21,22,23)/t12-/m1/s1. The number of aromatic nitrogens is 3. The Bertz CT molecular complexity index is 790. The molecule has 2 aromatic rings. The maximum absolute atomic E-state index is 12.7. The van der Waals surface area contributed by atoms with Crippen LogP contribution in [0.3, 0.4) is 0 Å². The third-order valence-electron chi connectivity index (χ3n) is 5.10. The second-order valence-corrected chi connectivity index (χ2v) is 7.46. The van der Waals surface area contributed by atoms with Gasteiger partial charge in [0, 0.05) is 25.4 Å². The fraction of sp³-hybridized carbons (Fsp3) is 0.444. The summed E-state index contributed by atoms with van der Waals surface area (Å²) in [5, 5.41) is 3.77. The van der Waals surface area contributed by atoms with Gasteiger partial charge in [0.1, 0.15) is 18.2 Å². The van der Waals surface area contributed by atoms with Gasteiger partial charge in [0.05, 0.1) is 16.4 Å². The smallest absolute Gasteiger partial charge is 0.244 e. The molecular formula is C18H20ClN5O. The number of hydrogen-bond donors (Lipinski definition) is 1. The highest BCUT2D eigenvalue weighted by Gasteiger charge is 2.49. The molecule has 2 aliphatic rings. The molecule has 1 atom stereocenters. The second-order valence-electron chi connectivity index (χ2n) is 7.03. The van der Waals surface area contributed by atoms with Gasteiger partial charge in [0.2, 0.25) is 5.91 Å². The van der Waals surface area contributed by atoms with Crippen molar-refractivity contribution in [2.75, 3.05) is 18.4 Å². The summed E-state index contributed by atoms with van der Waals surface area (Å²) in [5.74, 6) is 0.747. The molecule has 0 unspecified atom stereocenters. The van der Waals surface area contributed by atoms with Crippen LogP contribution in [-0.2, 0) is 4.79 Å². The lowest BCUT2D eigenvalue weighted by molar-refractivity contribution is -0.130. The topological polar surface area (TPSA) is 71.0 Å². The van der Waals surface area contributed by atoms with E-state index in [1.54, 1.807) is 18.3 Å². The number of carbonyl (C=O) groups excluding carboxylic acids is 1. The molecular weight excluding hydrogens is 338 g/mol. The highest BCUT2D eigenvalue weighted by molar-refractivity contribution is 6.30. The first kappa shape index (κ1) is 16.3. The lowest BCUT2D eigenvalue weighted by Gasteiger charge is -2.22. The van der Waals surface area contributed by atoms with E-state index in [4.69, 9.17) is 11.6 Å². The van der Waals surface area contributed by atoms with E-state index in [-0.39, 0.29) is 11.9 Å². The first-order chi connectivity index (χ1) is 12.0. The zero-order valence-electron chi connectivity index (χ0n) is 14.1. The Morgan fingerprint density at radius 3 is 2.76 bits per heavy atom. The lowest BCUT2D eigenvalue weighted by atomic mass is 10.1. The zero-order chi connectivity index (χ0) is 17.4. The van der Waals surface area contributed by atoms with E-state index >= 15 is 0 Å². The van der Waals surface area contributed by atoms with Crippen LogP contribution in [0.5, 0.6) is 0 Å². The molecule has 1 amide bonds. The van der Waals surface area contributed by atoms with Crippen LogP contribution >= 0.6 is 11.6 Å². The highest BCUT2D eigenvalue weighted by atomic mass is 35.5. The Balaban J connectivity index is 1.44. The Morgan fingerprint density at radius 1 is 1.24 bits per heavy atom. The van der Waals surface area contributed by atoms with Gasteiger partial charge in [-0.25, -0.2) is 9.97 Å². The Hall–Kier alpha value is -2.21. The fourth-order valence-corrected chi connectivity index (χ4v) is 3.48. The summed E-state index contributed by atoms with van der Waals surface area (Å²) in [6.07, 6.45) is 6.73. The Kier molecular flexibility index (Phi) is 4.07. The van der Waals surface area contributed by atoms with Crippen molar-refractivity contribution in [3.8, 4) is 11.4 Å². The molecule has 3 heterocycles. The third-order valence-corrected chi connectivity index (χ3v) is 5.32. The summed E-state index contributed by atoms with van der Waals surface area (Å²) in [7, 11) is 0. The summed E-state index contributed by atoms with van der Waals surface area (Å²) in [5.41, 5.74) is 1.84. The van der Waals surface area contributed by atoms with Crippen LogP contribution in [0, 0.1) is 5.41 Å². The van der Waals surface area contributed by atoms with Gasteiger partial charge in [-0.1, -0.05) is 11.6 Å². The van der Waals surface area contributed by atoms with Gasteiger partial charge in [-0.2, -0.15) is 0 Å². The summed E-state index contributed by atoms with van der Waals surface area (Å²) in [6.45, 7) is 3.65. The van der Waals surface area contributed by atoms with Crippen molar-refractivity contribution in [1.82, 2.24) is 19.9 Å². The van der Waals surface area contributed by atoms with Crippen molar-refractivity contribution in [3.63, 3.8) is 0 Å². The Labute approximate surface area is 151 Å². The van der Waals surface area contributed by atoms with Gasteiger partial charge in [-0.05, 0) is 43.7 Å². The van der Waals surface area contributed by atoms with Crippen LogP contribution in [0.1, 0.15) is 26.2 Å². The van der Waals surface area contributed by atoms with E-state index in [1.807, 2.05) is 17.9 Å². The maximum atomic E-state index is 12.7. The molecule has 1 saturated carbocycles. The quantitative estimate of drug-likeness (QED) is 0.910. The third kappa shape index (κ3) is 3.44. The summed E-state index contributed by atoms with van der Waals surface area (Å²) in [4.78, 5) is 27.4. The molecule has 1 aliphatic carbocycles. The van der Waals surface area contributed by atoms with Gasteiger partial charge in [-0.3, -0.25) is 9.78 Å². The number of pyridine rings is 1. The molecule has 0 bridgehead atoms. The molecule has 6 nitrogen and oxygen atoms in total.